The van der Waals surface area contributed by atoms with Gasteiger partial charge >= 0.3 is 0 Å². The van der Waals surface area contributed by atoms with Gasteiger partial charge in [-0.15, -0.1) is 0 Å². The van der Waals surface area contributed by atoms with E-state index in [9.17, 15) is 9.59 Å². The van der Waals surface area contributed by atoms with Crippen LogP contribution in [-0.2, 0) is 9.59 Å². The summed E-state index contributed by atoms with van der Waals surface area (Å²) in [6, 6.07) is 25.9. The van der Waals surface area contributed by atoms with Gasteiger partial charge < -0.3 is 9.47 Å². The van der Waals surface area contributed by atoms with Crippen LogP contribution in [0.15, 0.2) is 84.9 Å². The van der Waals surface area contributed by atoms with E-state index in [2.05, 4.69) is 10.9 Å². The van der Waals surface area contributed by atoms with Crippen molar-refractivity contribution in [3.05, 3.63) is 96.1 Å². The summed E-state index contributed by atoms with van der Waals surface area (Å²) in [4.78, 5) is 25.4. The van der Waals surface area contributed by atoms with Crippen molar-refractivity contribution in [2.24, 2.45) is 0 Å². The van der Waals surface area contributed by atoms with Crippen molar-refractivity contribution < 1.29 is 19.1 Å². The zero-order valence-electron chi connectivity index (χ0n) is 17.6. The number of carbonyl (C=O) groups excluding carboxylic acids is 2. The van der Waals surface area contributed by atoms with Crippen LogP contribution >= 0.6 is 0 Å². The van der Waals surface area contributed by atoms with Crippen molar-refractivity contribution in [2.75, 3.05) is 6.61 Å². The van der Waals surface area contributed by atoms with Crippen LogP contribution in [0.5, 0.6) is 11.5 Å². The highest BCUT2D eigenvalue weighted by atomic mass is 16.5. The summed E-state index contributed by atoms with van der Waals surface area (Å²) in [5.74, 6) is -0.0814. The van der Waals surface area contributed by atoms with Gasteiger partial charge in [-0.05, 0) is 49.2 Å². The molecule has 1 atom stereocenters. The first-order chi connectivity index (χ1) is 15.1. The van der Waals surface area contributed by atoms with Crippen LogP contribution < -0.4 is 20.3 Å². The number of benzene rings is 3. The maximum atomic E-state index is 12.9. The van der Waals surface area contributed by atoms with Crippen molar-refractivity contribution in [3.63, 3.8) is 0 Å². The number of hydrogen-bond donors (Lipinski definition) is 2. The Balaban J connectivity index is 1.61. The lowest BCUT2D eigenvalue weighted by atomic mass is 9.91. The molecule has 0 spiro atoms. The quantitative estimate of drug-likeness (QED) is 0.545. The molecule has 0 bridgehead atoms. The van der Waals surface area contributed by atoms with Crippen LogP contribution in [-0.4, -0.2) is 24.5 Å². The molecule has 0 aliphatic rings. The maximum Gasteiger partial charge on any atom is 0.279 e. The Bertz CT molecular complexity index is 936. The zero-order valence-corrected chi connectivity index (χ0v) is 17.6. The summed E-state index contributed by atoms with van der Waals surface area (Å²) in [6.45, 7) is 4.10. The monoisotopic (exact) mass is 418 g/mol. The van der Waals surface area contributed by atoms with Crippen LogP contribution in [0.25, 0.3) is 0 Å². The topological polar surface area (TPSA) is 76.7 Å². The molecule has 0 radical (unpaired) electrons. The molecule has 6 heteroatoms. The lowest BCUT2D eigenvalue weighted by molar-refractivity contribution is -0.133. The molecule has 2 N–H and O–H groups in total. The lowest BCUT2D eigenvalue weighted by Gasteiger charge is -2.20. The van der Waals surface area contributed by atoms with E-state index in [0.717, 1.165) is 16.9 Å². The molecule has 0 heterocycles. The van der Waals surface area contributed by atoms with Crippen LogP contribution in [0, 0.1) is 0 Å². The average Bonchev–Trinajstić information content (AvgIpc) is 2.80. The van der Waals surface area contributed by atoms with E-state index in [1.807, 2.05) is 67.6 Å². The average molecular weight is 418 g/mol. The first-order valence-electron chi connectivity index (χ1n) is 10.2. The SMILES string of the molecule is CCOc1ccc(O[C@@H](C)C(=O)NNC(=O)C(c2ccccc2)c2ccccc2)cc1. The van der Waals surface area contributed by atoms with Gasteiger partial charge in [0.05, 0.1) is 12.5 Å². The maximum absolute atomic E-state index is 12.9. The second kappa shape index (κ2) is 10.8. The highest BCUT2D eigenvalue weighted by Crippen LogP contribution is 2.24. The summed E-state index contributed by atoms with van der Waals surface area (Å²) in [5, 5.41) is 0. The number of carbonyl (C=O) groups is 2. The van der Waals surface area contributed by atoms with Gasteiger partial charge in [0.1, 0.15) is 11.5 Å². The van der Waals surface area contributed by atoms with Gasteiger partial charge in [-0.25, -0.2) is 0 Å². The third-order valence-corrected chi connectivity index (χ3v) is 4.65. The number of amides is 2. The summed E-state index contributed by atoms with van der Waals surface area (Å²) >= 11 is 0. The molecule has 31 heavy (non-hydrogen) atoms. The lowest BCUT2D eigenvalue weighted by Crippen LogP contribution is -2.48. The first kappa shape index (κ1) is 21.9. The molecule has 2 amide bonds. The fourth-order valence-corrected chi connectivity index (χ4v) is 3.12. The molecule has 160 valence electrons. The fraction of sp³-hybridized carbons (Fsp3) is 0.200. The normalized spacial score (nSPS) is 11.5. The van der Waals surface area contributed by atoms with Crippen LogP contribution in [0.3, 0.4) is 0 Å². The highest BCUT2D eigenvalue weighted by molar-refractivity contribution is 5.90. The number of nitrogens with one attached hydrogen (secondary N) is 2. The molecule has 0 aliphatic carbocycles. The van der Waals surface area contributed by atoms with E-state index in [1.54, 1.807) is 31.2 Å². The molecular weight excluding hydrogens is 392 g/mol. The van der Waals surface area contributed by atoms with Crippen molar-refractivity contribution in [1.29, 1.82) is 0 Å². The largest absolute Gasteiger partial charge is 0.494 e. The molecule has 0 saturated carbocycles. The minimum Gasteiger partial charge on any atom is -0.494 e. The minimum absolute atomic E-state index is 0.334. The molecule has 0 fully saturated rings. The third kappa shape index (κ3) is 6.09. The van der Waals surface area contributed by atoms with Gasteiger partial charge in [-0.3, -0.25) is 20.4 Å². The smallest absolute Gasteiger partial charge is 0.279 e. The number of rotatable bonds is 8. The Hall–Kier alpha value is -3.80. The van der Waals surface area contributed by atoms with Gasteiger partial charge in [0.15, 0.2) is 6.10 Å². The number of hydrazine groups is 1. The Morgan fingerprint density at radius 2 is 1.23 bits per heavy atom. The number of ether oxygens (including phenoxy) is 2. The third-order valence-electron chi connectivity index (χ3n) is 4.65. The molecule has 0 saturated heterocycles. The summed E-state index contributed by atoms with van der Waals surface area (Å²) in [7, 11) is 0. The van der Waals surface area contributed by atoms with Crippen molar-refractivity contribution >= 4 is 11.8 Å². The fourth-order valence-electron chi connectivity index (χ4n) is 3.12. The van der Waals surface area contributed by atoms with E-state index >= 15 is 0 Å². The zero-order chi connectivity index (χ0) is 22.1. The Morgan fingerprint density at radius 3 is 1.74 bits per heavy atom. The van der Waals surface area contributed by atoms with E-state index in [1.165, 1.54) is 0 Å². The van der Waals surface area contributed by atoms with E-state index in [4.69, 9.17) is 9.47 Å². The molecule has 0 aliphatic heterocycles. The molecule has 3 aromatic carbocycles. The second-order valence-electron chi connectivity index (χ2n) is 6.90. The van der Waals surface area contributed by atoms with E-state index in [0.29, 0.717) is 12.4 Å². The van der Waals surface area contributed by atoms with Crippen molar-refractivity contribution in [1.82, 2.24) is 10.9 Å². The van der Waals surface area contributed by atoms with Crippen LogP contribution in [0.4, 0.5) is 0 Å². The minimum atomic E-state index is -0.801. The van der Waals surface area contributed by atoms with Crippen molar-refractivity contribution in [3.8, 4) is 11.5 Å². The molecule has 3 rings (SSSR count). The summed E-state index contributed by atoms with van der Waals surface area (Å²) in [6.07, 6.45) is -0.801. The molecular formula is C25H26N2O4. The summed E-state index contributed by atoms with van der Waals surface area (Å²) < 4.78 is 11.0. The Morgan fingerprint density at radius 1 is 0.742 bits per heavy atom. The molecule has 0 unspecified atom stereocenters. The summed E-state index contributed by atoms with van der Waals surface area (Å²) in [5.41, 5.74) is 6.66. The second-order valence-corrected chi connectivity index (χ2v) is 6.90. The number of hydrogen-bond acceptors (Lipinski definition) is 4. The van der Waals surface area contributed by atoms with Gasteiger partial charge in [0.2, 0.25) is 5.91 Å². The first-order valence-corrected chi connectivity index (χ1v) is 10.2. The molecule has 6 nitrogen and oxygen atoms in total. The standard InChI is InChI=1S/C25H26N2O4/c1-3-30-21-14-16-22(17-15-21)31-18(2)24(28)26-27-25(29)23(19-10-6-4-7-11-19)20-12-8-5-9-13-20/h4-18,23H,3H2,1-2H3,(H,26,28)(H,27,29)/t18-/m0/s1. The van der Waals surface area contributed by atoms with E-state index < -0.39 is 17.9 Å². The predicted molar refractivity (Wildman–Crippen MR) is 119 cm³/mol. The van der Waals surface area contributed by atoms with Crippen LogP contribution in [0.1, 0.15) is 30.9 Å². The van der Waals surface area contributed by atoms with Gasteiger partial charge in [-0.2, -0.15) is 0 Å². The predicted octanol–water partition coefficient (Wildman–Crippen LogP) is 3.83. The van der Waals surface area contributed by atoms with Gasteiger partial charge in [-0.1, -0.05) is 60.7 Å². The van der Waals surface area contributed by atoms with Crippen LogP contribution in [0.2, 0.25) is 0 Å². The Kier molecular flexibility index (Phi) is 7.65. The van der Waals surface area contributed by atoms with Gasteiger partial charge in [0, 0.05) is 0 Å². The van der Waals surface area contributed by atoms with Gasteiger partial charge in [0.25, 0.3) is 5.91 Å². The van der Waals surface area contributed by atoms with Crippen molar-refractivity contribution in [2.45, 2.75) is 25.9 Å². The molecule has 3 aromatic rings. The molecule has 0 aromatic heterocycles. The highest BCUT2D eigenvalue weighted by Gasteiger charge is 2.24. The Labute approximate surface area is 182 Å². The van der Waals surface area contributed by atoms with E-state index in [-0.39, 0.29) is 5.91 Å².